The molecule has 0 saturated carbocycles. The first-order chi connectivity index (χ1) is 9.84. The first kappa shape index (κ1) is 13.0. The van der Waals surface area contributed by atoms with Crippen LogP contribution in [-0.4, -0.2) is 46.0 Å². The van der Waals surface area contributed by atoms with Crippen LogP contribution in [0.3, 0.4) is 0 Å². The van der Waals surface area contributed by atoms with Crippen LogP contribution in [0.5, 0.6) is 0 Å². The van der Waals surface area contributed by atoms with Crippen molar-refractivity contribution in [3.8, 4) is 0 Å². The van der Waals surface area contributed by atoms with Crippen LogP contribution < -0.4 is 4.90 Å². The van der Waals surface area contributed by atoms with Crippen LogP contribution in [0.15, 0.2) is 43.1 Å². The molecule has 3 heterocycles. The van der Waals surface area contributed by atoms with E-state index in [9.17, 15) is 0 Å². The summed E-state index contributed by atoms with van der Waals surface area (Å²) in [6.07, 6.45) is 7.20. The van der Waals surface area contributed by atoms with Crippen molar-refractivity contribution in [2.45, 2.75) is 13.0 Å². The smallest absolute Gasteiger partial charge is 0.115 e. The summed E-state index contributed by atoms with van der Waals surface area (Å²) in [6, 6.07) is 6.48. The van der Waals surface area contributed by atoms with Crippen molar-refractivity contribution in [3.63, 3.8) is 0 Å². The largest absolute Gasteiger partial charge is 0.366 e. The Morgan fingerprint density at radius 1 is 1.05 bits per heavy atom. The van der Waals surface area contributed by atoms with Crippen molar-refractivity contribution in [2.24, 2.45) is 0 Å². The van der Waals surface area contributed by atoms with Crippen LogP contribution >= 0.6 is 0 Å². The lowest BCUT2D eigenvalue weighted by atomic mass is 10.1. The Kier molecular flexibility index (Phi) is 3.87. The highest BCUT2D eigenvalue weighted by Gasteiger charge is 2.22. The van der Waals surface area contributed by atoms with Crippen molar-refractivity contribution in [1.29, 1.82) is 0 Å². The molecule has 3 rings (SSSR count). The van der Waals surface area contributed by atoms with E-state index in [4.69, 9.17) is 0 Å². The average molecular weight is 269 g/mol. The van der Waals surface area contributed by atoms with E-state index in [-0.39, 0.29) is 0 Å². The predicted molar refractivity (Wildman–Crippen MR) is 78.5 cm³/mol. The summed E-state index contributed by atoms with van der Waals surface area (Å²) < 4.78 is 0. The number of rotatable bonds is 3. The Bertz CT molecular complexity index is 522. The standard InChI is InChI=1S/C15H19N5/c1-13(15-4-2-3-5-18-15)19-6-8-20(9-7-19)14-10-16-12-17-11-14/h2-5,10-13H,6-9H2,1H3. The Balaban J connectivity index is 1.61. The number of hydrogen-bond acceptors (Lipinski definition) is 5. The van der Waals surface area contributed by atoms with Gasteiger partial charge in [0.1, 0.15) is 6.33 Å². The first-order valence-corrected chi connectivity index (χ1v) is 6.99. The second-order valence-electron chi connectivity index (χ2n) is 5.05. The molecule has 1 saturated heterocycles. The Morgan fingerprint density at radius 3 is 2.45 bits per heavy atom. The van der Waals surface area contributed by atoms with Gasteiger partial charge in [0.15, 0.2) is 0 Å². The summed E-state index contributed by atoms with van der Waals surface area (Å²) >= 11 is 0. The fraction of sp³-hybridized carbons (Fsp3) is 0.400. The van der Waals surface area contributed by atoms with Gasteiger partial charge in [-0.3, -0.25) is 9.88 Å². The van der Waals surface area contributed by atoms with Gasteiger partial charge in [0, 0.05) is 38.4 Å². The summed E-state index contributed by atoms with van der Waals surface area (Å²) in [6.45, 7) is 6.30. The van der Waals surface area contributed by atoms with E-state index >= 15 is 0 Å². The lowest BCUT2D eigenvalue weighted by Crippen LogP contribution is -2.47. The van der Waals surface area contributed by atoms with E-state index < -0.39 is 0 Å². The fourth-order valence-corrected chi connectivity index (χ4v) is 2.63. The quantitative estimate of drug-likeness (QED) is 0.849. The molecule has 0 radical (unpaired) electrons. The van der Waals surface area contributed by atoms with E-state index in [1.54, 1.807) is 6.33 Å². The molecule has 5 nitrogen and oxygen atoms in total. The molecule has 2 aromatic rings. The molecule has 2 aromatic heterocycles. The molecule has 1 aliphatic heterocycles. The summed E-state index contributed by atoms with van der Waals surface area (Å²) in [5.41, 5.74) is 2.25. The molecule has 0 amide bonds. The molecule has 0 aromatic carbocycles. The predicted octanol–water partition coefficient (Wildman–Crippen LogP) is 1.75. The second kappa shape index (κ2) is 5.96. The van der Waals surface area contributed by atoms with Crippen LogP contribution in [0.25, 0.3) is 0 Å². The second-order valence-corrected chi connectivity index (χ2v) is 5.05. The maximum Gasteiger partial charge on any atom is 0.115 e. The van der Waals surface area contributed by atoms with Crippen molar-refractivity contribution >= 4 is 5.69 Å². The van der Waals surface area contributed by atoms with Crippen molar-refractivity contribution in [3.05, 3.63) is 48.8 Å². The van der Waals surface area contributed by atoms with Gasteiger partial charge in [-0.25, -0.2) is 9.97 Å². The van der Waals surface area contributed by atoms with E-state index in [1.807, 2.05) is 24.7 Å². The maximum absolute atomic E-state index is 4.46. The Labute approximate surface area is 119 Å². The SMILES string of the molecule is CC(c1ccccn1)N1CCN(c2cncnc2)CC1. The molecule has 1 atom stereocenters. The fourth-order valence-electron chi connectivity index (χ4n) is 2.63. The average Bonchev–Trinajstić information content (AvgIpc) is 2.56. The minimum atomic E-state index is 0.366. The molecule has 104 valence electrons. The first-order valence-electron chi connectivity index (χ1n) is 6.99. The highest BCUT2D eigenvalue weighted by Crippen LogP contribution is 2.21. The zero-order chi connectivity index (χ0) is 13.8. The molecule has 0 N–H and O–H groups in total. The highest BCUT2D eigenvalue weighted by molar-refractivity contribution is 5.41. The molecule has 0 aliphatic carbocycles. The third-order valence-electron chi connectivity index (χ3n) is 3.89. The van der Waals surface area contributed by atoms with Gasteiger partial charge in [-0.05, 0) is 19.1 Å². The van der Waals surface area contributed by atoms with Crippen LogP contribution in [0, 0.1) is 0 Å². The monoisotopic (exact) mass is 269 g/mol. The molecule has 5 heteroatoms. The molecule has 20 heavy (non-hydrogen) atoms. The minimum absolute atomic E-state index is 0.366. The highest BCUT2D eigenvalue weighted by atomic mass is 15.3. The molecular weight excluding hydrogens is 250 g/mol. The van der Waals surface area contributed by atoms with Crippen LogP contribution in [0.4, 0.5) is 5.69 Å². The molecule has 1 unspecified atom stereocenters. The molecule has 0 bridgehead atoms. The number of nitrogens with zero attached hydrogens (tertiary/aromatic N) is 5. The molecule has 1 fully saturated rings. The zero-order valence-corrected chi connectivity index (χ0v) is 11.7. The number of hydrogen-bond donors (Lipinski definition) is 0. The van der Waals surface area contributed by atoms with Gasteiger partial charge in [0.05, 0.1) is 23.8 Å². The lowest BCUT2D eigenvalue weighted by molar-refractivity contribution is 0.195. The summed E-state index contributed by atoms with van der Waals surface area (Å²) in [4.78, 5) is 17.4. The van der Waals surface area contributed by atoms with E-state index in [1.165, 1.54) is 0 Å². The van der Waals surface area contributed by atoms with Crippen LogP contribution in [0.1, 0.15) is 18.7 Å². The molecule has 0 spiro atoms. The lowest BCUT2D eigenvalue weighted by Gasteiger charge is -2.38. The number of anilines is 1. The number of piperazine rings is 1. The van der Waals surface area contributed by atoms with Crippen LogP contribution in [-0.2, 0) is 0 Å². The third kappa shape index (κ3) is 2.77. The normalized spacial score (nSPS) is 17.9. The summed E-state index contributed by atoms with van der Waals surface area (Å²) in [7, 11) is 0. The minimum Gasteiger partial charge on any atom is -0.366 e. The van der Waals surface area contributed by atoms with Gasteiger partial charge >= 0.3 is 0 Å². The molecular formula is C15H19N5. The maximum atomic E-state index is 4.46. The van der Waals surface area contributed by atoms with Gasteiger partial charge in [-0.15, -0.1) is 0 Å². The Hall–Kier alpha value is -2.01. The third-order valence-corrected chi connectivity index (χ3v) is 3.89. The van der Waals surface area contributed by atoms with Gasteiger partial charge < -0.3 is 4.90 Å². The van der Waals surface area contributed by atoms with Crippen molar-refractivity contribution in [2.75, 3.05) is 31.1 Å². The van der Waals surface area contributed by atoms with Gasteiger partial charge in [0.25, 0.3) is 0 Å². The van der Waals surface area contributed by atoms with E-state index in [0.717, 1.165) is 37.6 Å². The van der Waals surface area contributed by atoms with Gasteiger partial charge in [-0.1, -0.05) is 6.07 Å². The molecule has 1 aliphatic rings. The summed E-state index contributed by atoms with van der Waals surface area (Å²) in [5.74, 6) is 0. The van der Waals surface area contributed by atoms with E-state index in [2.05, 4.69) is 43.8 Å². The van der Waals surface area contributed by atoms with Crippen LogP contribution in [0.2, 0.25) is 0 Å². The summed E-state index contributed by atoms with van der Waals surface area (Å²) in [5, 5.41) is 0. The Morgan fingerprint density at radius 2 is 1.80 bits per heavy atom. The number of aromatic nitrogens is 3. The topological polar surface area (TPSA) is 45.2 Å². The van der Waals surface area contributed by atoms with Crippen molar-refractivity contribution in [1.82, 2.24) is 19.9 Å². The van der Waals surface area contributed by atoms with E-state index in [0.29, 0.717) is 6.04 Å². The number of pyridine rings is 1. The van der Waals surface area contributed by atoms with Gasteiger partial charge in [-0.2, -0.15) is 0 Å². The van der Waals surface area contributed by atoms with Gasteiger partial charge in [0.2, 0.25) is 0 Å². The van der Waals surface area contributed by atoms with Crippen molar-refractivity contribution < 1.29 is 0 Å². The zero-order valence-electron chi connectivity index (χ0n) is 11.7.